The van der Waals surface area contributed by atoms with E-state index in [-0.39, 0.29) is 12.5 Å². The lowest BCUT2D eigenvalue weighted by Gasteiger charge is -2.21. The number of hydrogen-bond donors (Lipinski definition) is 2. The second-order valence-electron chi connectivity index (χ2n) is 5.26. The predicted octanol–water partition coefficient (Wildman–Crippen LogP) is 3.23. The molecule has 1 amide bonds. The van der Waals surface area contributed by atoms with Crippen molar-refractivity contribution in [2.24, 2.45) is 5.41 Å². The molecule has 1 fully saturated rings. The van der Waals surface area contributed by atoms with Crippen LogP contribution < -0.4 is 5.32 Å². The summed E-state index contributed by atoms with van der Waals surface area (Å²) in [5.41, 5.74) is -0.567. The van der Waals surface area contributed by atoms with Crippen LogP contribution in [0.3, 0.4) is 0 Å². The molecule has 4 nitrogen and oxygen atoms in total. The van der Waals surface area contributed by atoms with E-state index < -0.39 is 11.5 Å². The number of carbonyl (C=O) groups is 1. The normalized spacial score (nSPS) is 18.0. The van der Waals surface area contributed by atoms with E-state index in [2.05, 4.69) is 11.4 Å². The largest absolute Gasteiger partial charge is 0.386 e. The highest BCUT2D eigenvalue weighted by Crippen LogP contribution is 2.38. The van der Waals surface area contributed by atoms with E-state index in [1.807, 2.05) is 0 Å². The molecule has 0 spiro atoms. The molecule has 2 N–H and O–H groups in total. The van der Waals surface area contributed by atoms with Crippen molar-refractivity contribution in [1.82, 2.24) is 5.32 Å². The van der Waals surface area contributed by atoms with Gasteiger partial charge in [-0.3, -0.25) is 4.79 Å². The van der Waals surface area contributed by atoms with Crippen molar-refractivity contribution >= 4 is 29.1 Å². The first-order valence-corrected chi connectivity index (χ1v) is 7.57. The lowest BCUT2D eigenvalue weighted by atomic mass is 9.87. The second-order valence-corrected chi connectivity index (χ2v) is 6.08. The Hall–Kier alpha value is -1.28. The number of aliphatic hydroxyl groups is 1. The van der Waals surface area contributed by atoms with Crippen molar-refractivity contribution in [1.29, 1.82) is 5.26 Å². The highest BCUT2D eigenvalue weighted by Gasteiger charge is 2.41. The van der Waals surface area contributed by atoms with Crippen molar-refractivity contribution in [3.63, 3.8) is 0 Å². The molecule has 0 saturated heterocycles. The molecule has 1 aromatic carbocycles. The average molecular weight is 327 g/mol. The number of rotatable bonds is 4. The number of halogens is 2. The van der Waals surface area contributed by atoms with E-state index >= 15 is 0 Å². The second kappa shape index (κ2) is 6.65. The van der Waals surface area contributed by atoms with Gasteiger partial charge in [0.15, 0.2) is 0 Å². The van der Waals surface area contributed by atoms with Crippen LogP contribution in [-0.2, 0) is 4.79 Å². The maximum Gasteiger partial charge on any atom is 0.240 e. The summed E-state index contributed by atoms with van der Waals surface area (Å²) in [7, 11) is 0. The molecule has 1 aromatic rings. The fraction of sp³-hybridized carbons (Fsp3) is 0.467. The summed E-state index contributed by atoms with van der Waals surface area (Å²) < 4.78 is 0. The fourth-order valence-corrected chi connectivity index (χ4v) is 3.31. The molecular weight excluding hydrogens is 311 g/mol. The van der Waals surface area contributed by atoms with Crippen molar-refractivity contribution in [3.05, 3.63) is 33.8 Å². The third-order valence-electron chi connectivity index (χ3n) is 3.89. The van der Waals surface area contributed by atoms with E-state index in [0.717, 1.165) is 12.8 Å². The Balaban J connectivity index is 2.03. The molecule has 0 unspecified atom stereocenters. The molecule has 6 heteroatoms. The summed E-state index contributed by atoms with van der Waals surface area (Å²) in [5.74, 6) is -0.329. The van der Waals surface area contributed by atoms with Gasteiger partial charge in [0, 0.05) is 22.2 Å². The average Bonchev–Trinajstić information content (AvgIpc) is 2.94. The van der Waals surface area contributed by atoms with E-state index in [9.17, 15) is 15.2 Å². The molecule has 112 valence electrons. The predicted molar refractivity (Wildman–Crippen MR) is 80.9 cm³/mol. The van der Waals surface area contributed by atoms with Crippen molar-refractivity contribution in [3.8, 4) is 6.07 Å². The molecule has 0 heterocycles. The van der Waals surface area contributed by atoms with Crippen LogP contribution in [0.5, 0.6) is 0 Å². The van der Waals surface area contributed by atoms with Crippen molar-refractivity contribution in [2.75, 3.05) is 6.54 Å². The first-order chi connectivity index (χ1) is 10.00. The molecule has 21 heavy (non-hydrogen) atoms. The molecule has 1 aliphatic rings. The highest BCUT2D eigenvalue weighted by molar-refractivity contribution is 6.36. The monoisotopic (exact) mass is 326 g/mol. The summed E-state index contributed by atoms with van der Waals surface area (Å²) in [6.07, 6.45) is 1.88. The molecule has 2 rings (SSSR count). The first kappa shape index (κ1) is 16.1. The molecule has 0 radical (unpaired) electrons. The Bertz CT molecular complexity index is 557. The van der Waals surface area contributed by atoms with Crippen molar-refractivity contribution in [2.45, 2.75) is 31.8 Å². The van der Waals surface area contributed by atoms with Crippen LogP contribution in [0.4, 0.5) is 0 Å². The summed E-state index contributed by atoms with van der Waals surface area (Å²) in [6, 6.07) is 7.05. The van der Waals surface area contributed by atoms with E-state index in [4.69, 9.17) is 23.2 Å². The fourth-order valence-electron chi connectivity index (χ4n) is 2.66. The number of nitrogens with one attached hydrogen (secondary N) is 1. The zero-order valence-corrected chi connectivity index (χ0v) is 12.9. The maximum absolute atomic E-state index is 12.2. The zero-order chi connectivity index (χ0) is 15.5. The third kappa shape index (κ3) is 3.32. The van der Waals surface area contributed by atoms with Gasteiger partial charge in [0.05, 0.1) is 12.2 Å². The molecule has 1 atom stereocenters. The molecule has 0 aliphatic heterocycles. The number of benzene rings is 1. The standard InChI is InChI=1S/C15H16Cl2N2O2/c16-10-4-3-5-11(17)13(10)12(20)8-19-14(21)15(9-18)6-1-2-7-15/h3-5,12,20H,1-2,6-8H2,(H,19,21)/t12-/m1/s1. The van der Waals surface area contributed by atoms with Gasteiger partial charge in [-0.05, 0) is 25.0 Å². The van der Waals surface area contributed by atoms with Crippen LogP contribution >= 0.6 is 23.2 Å². The van der Waals surface area contributed by atoms with Gasteiger partial charge >= 0.3 is 0 Å². The smallest absolute Gasteiger partial charge is 0.240 e. The molecular formula is C15H16Cl2N2O2. The number of hydrogen-bond acceptors (Lipinski definition) is 3. The van der Waals surface area contributed by atoms with Gasteiger partial charge in [-0.25, -0.2) is 0 Å². The van der Waals surface area contributed by atoms with Crippen LogP contribution in [0.1, 0.15) is 37.4 Å². The summed E-state index contributed by atoms with van der Waals surface area (Å²) in [4.78, 5) is 12.2. The summed E-state index contributed by atoms with van der Waals surface area (Å²) in [6.45, 7) is -0.0221. The number of aliphatic hydroxyl groups excluding tert-OH is 1. The minimum absolute atomic E-state index is 0.0221. The molecule has 1 aliphatic carbocycles. The van der Waals surface area contributed by atoms with E-state index in [0.29, 0.717) is 28.5 Å². The van der Waals surface area contributed by atoms with Gasteiger partial charge in [0.25, 0.3) is 0 Å². The number of carbonyl (C=O) groups excluding carboxylic acids is 1. The number of nitriles is 1. The summed E-state index contributed by atoms with van der Waals surface area (Å²) >= 11 is 12.0. The Morgan fingerprint density at radius 1 is 1.38 bits per heavy atom. The lowest BCUT2D eigenvalue weighted by Crippen LogP contribution is -2.40. The topological polar surface area (TPSA) is 73.1 Å². The number of nitrogens with zero attached hydrogens (tertiary/aromatic N) is 1. The van der Waals surface area contributed by atoms with Gasteiger partial charge < -0.3 is 10.4 Å². The van der Waals surface area contributed by atoms with Crippen LogP contribution in [0.25, 0.3) is 0 Å². The van der Waals surface area contributed by atoms with Gasteiger partial charge in [0.1, 0.15) is 5.41 Å². The van der Waals surface area contributed by atoms with Crippen molar-refractivity contribution < 1.29 is 9.90 Å². The van der Waals surface area contributed by atoms with E-state index in [1.54, 1.807) is 18.2 Å². The zero-order valence-electron chi connectivity index (χ0n) is 11.4. The Kier molecular flexibility index (Phi) is 5.10. The maximum atomic E-state index is 12.2. The van der Waals surface area contributed by atoms with Gasteiger partial charge in [0.2, 0.25) is 5.91 Å². The third-order valence-corrected chi connectivity index (χ3v) is 4.55. The first-order valence-electron chi connectivity index (χ1n) is 6.82. The Morgan fingerprint density at radius 2 is 1.95 bits per heavy atom. The minimum Gasteiger partial charge on any atom is -0.386 e. The van der Waals surface area contributed by atoms with Crippen LogP contribution in [0.15, 0.2) is 18.2 Å². The molecule has 0 bridgehead atoms. The van der Waals surface area contributed by atoms with E-state index in [1.165, 1.54) is 0 Å². The van der Waals surface area contributed by atoms with Crippen LogP contribution in [0.2, 0.25) is 10.0 Å². The minimum atomic E-state index is -1.01. The highest BCUT2D eigenvalue weighted by atomic mass is 35.5. The lowest BCUT2D eigenvalue weighted by molar-refractivity contribution is -0.128. The number of amides is 1. The quantitative estimate of drug-likeness (QED) is 0.892. The van der Waals surface area contributed by atoms with Gasteiger partial charge in [-0.1, -0.05) is 42.1 Å². The van der Waals surface area contributed by atoms with Crippen LogP contribution in [0, 0.1) is 16.7 Å². The molecule has 1 saturated carbocycles. The summed E-state index contributed by atoms with van der Waals surface area (Å²) in [5, 5.41) is 22.7. The SMILES string of the molecule is N#CC1(C(=O)NC[C@@H](O)c2c(Cl)cccc2Cl)CCCC1. The van der Waals surface area contributed by atoms with Gasteiger partial charge in [-0.2, -0.15) is 5.26 Å². The Labute approximate surface area is 133 Å². The van der Waals surface area contributed by atoms with Gasteiger partial charge in [-0.15, -0.1) is 0 Å². The molecule has 0 aromatic heterocycles. The van der Waals surface area contributed by atoms with Crippen LogP contribution in [-0.4, -0.2) is 17.6 Å². The Morgan fingerprint density at radius 3 is 2.48 bits per heavy atom.